The Hall–Kier alpha value is -2.32. The summed E-state index contributed by atoms with van der Waals surface area (Å²) in [5, 5.41) is 12.3. The number of carbonyl (C=O) groups is 2. The van der Waals surface area contributed by atoms with Gasteiger partial charge in [0.1, 0.15) is 5.01 Å². The number of hydrogen-bond donors (Lipinski definition) is 1. The fourth-order valence-electron chi connectivity index (χ4n) is 3.32. The van der Waals surface area contributed by atoms with Crippen molar-refractivity contribution >= 4 is 28.8 Å². The van der Waals surface area contributed by atoms with Crippen LogP contribution in [0.1, 0.15) is 40.1 Å². The summed E-state index contributed by atoms with van der Waals surface area (Å²) in [6.45, 7) is 5.99. The van der Waals surface area contributed by atoms with Gasteiger partial charge in [-0.05, 0) is 37.0 Å². The van der Waals surface area contributed by atoms with Gasteiger partial charge in [-0.25, -0.2) is 0 Å². The smallest absolute Gasteiger partial charge is 0.286 e. The van der Waals surface area contributed by atoms with E-state index < -0.39 is 0 Å². The van der Waals surface area contributed by atoms with E-state index in [9.17, 15) is 9.59 Å². The van der Waals surface area contributed by atoms with Crippen LogP contribution in [0.2, 0.25) is 0 Å². The summed E-state index contributed by atoms with van der Waals surface area (Å²) in [4.78, 5) is 28.8. The zero-order valence-electron chi connectivity index (χ0n) is 16.1. The Morgan fingerprint density at radius 2 is 1.82 bits per heavy atom. The number of carbonyl (C=O) groups excluding carboxylic acids is 2. The maximum Gasteiger partial charge on any atom is 0.286 e. The van der Waals surface area contributed by atoms with Crippen molar-refractivity contribution in [2.75, 3.05) is 31.5 Å². The Bertz CT molecular complexity index is 839. The predicted octanol–water partition coefficient (Wildman–Crippen LogP) is 2.41. The van der Waals surface area contributed by atoms with Gasteiger partial charge in [0.15, 0.2) is 0 Å². The molecule has 0 bridgehead atoms. The number of anilines is 1. The molecule has 1 aliphatic heterocycles. The normalized spacial score (nSPS) is 17.5. The minimum Gasteiger partial charge on any atom is -0.340 e. The highest BCUT2D eigenvalue weighted by atomic mass is 32.1. The van der Waals surface area contributed by atoms with Gasteiger partial charge in [0.25, 0.3) is 5.91 Å². The number of nitrogens with one attached hydrogen (secondary N) is 1. The zero-order chi connectivity index (χ0) is 19.5. The molecule has 4 rings (SSSR count). The molecule has 7 nitrogen and oxygen atoms in total. The number of amides is 2. The predicted molar refractivity (Wildman–Crippen MR) is 108 cm³/mol. The largest absolute Gasteiger partial charge is 0.340 e. The third-order valence-corrected chi connectivity index (χ3v) is 6.16. The first-order valence-corrected chi connectivity index (χ1v) is 10.7. The van der Waals surface area contributed by atoms with E-state index in [0.717, 1.165) is 56.1 Å². The molecule has 2 amide bonds. The van der Waals surface area contributed by atoms with Crippen molar-refractivity contribution in [3.8, 4) is 0 Å². The molecule has 2 heterocycles. The summed E-state index contributed by atoms with van der Waals surface area (Å²) in [5.74, 6) is 0.378. The molecule has 2 fully saturated rings. The Labute approximate surface area is 168 Å². The van der Waals surface area contributed by atoms with Crippen LogP contribution in [0.25, 0.3) is 0 Å². The van der Waals surface area contributed by atoms with Crippen LogP contribution in [0.4, 0.5) is 5.69 Å². The molecule has 0 unspecified atom stereocenters. The van der Waals surface area contributed by atoms with Crippen LogP contribution in [-0.4, -0.2) is 58.0 Å². The highest BCUT2D eigenvalue weighted by molar-refractivity contribution is 7.13. The van der Waals surface area contributed by atoms with Gasteiger partial charge in [-0.1, -0.05) is 30.4 Å². The molecule has 1 aromatic heterocycles. The molecule has 1 aromatic carbocycles. The van der Waals surface area contributed by atoms with Crippen molar-refractivity contribution < 1.29 is 9.59 Å². The summed E-state index contributed by atoms with van der Waals surface area (Å²) >= 11 is 1.33. The fraction of sp³-hybridized carbons (Fsp3) is 0.500. The molecule has 2 aliphatic rings. The first kappa shape index (κ1) is 19.0. The summed E-state index contributed by atoms with van der Waals surface area (Å²) in [6.07, 6.45) is 3.08. The van der Waals surface area contributed by atoms with Gasteiger partial charge in [0, 0.05) is 37.8 Å². The third kappa shape index (κ3) is 4.56. The second-order valence-electron chi connectivity index (χ2n) is 7.38. The van der Waals surface area contributed by atoms with E-state index in [2.05, 4.69) is 27.3 Å². The number of piperazine rings is 1. The highest BCUT2D eigenvalue weighted by Gasteiger charge is 2.34. The van der Waals surface area contributed by atoms with E-state index >= 15 is 0 Å². The van der Waals surface area contributed by atoms with Gasteiger partial charge in [-0.2, -0.15) is 0 Å². The summed E-state index contributed by atoms with van der Waals surface area (Å²) < 4.78 is 0. The fourth-order valence-corrected chi connectivity index (χ4v) is 4.10. The second-order valence-corrected chi connectivity index (χ2v) is 8.44. The molecule has 2 aromatic rings. The number of benzene rings is 1. The van der Waals surface area contributed by atoms with Gasteiger partial charge in [0.2, 0.25) is 10.9 Å². The van der Waals surface area contributed by atoms with Gasteiger partial charge in [0.05, 0.1) is 6.54 Å². The summed E-state index contributed by atoms with van der Waals surface area (Å²) in [6, 6.07) is 7.83. The monoisotopic (exact) mass is 399 g/mol. The molecule has 1 N–H and O–H groups in total. The Kier molecular flexibility index (Phi) is 5.68. The maximum absolute atomic E-state index is 12.4. The number of hydrogen-bond acceptors (Lipinski definition) is 6. The van der Waals surface area contributed by atoms with Gasteiger partial charge in [-0.3, -0.25) is 14.5 Å². The number of nitrogens with zero attached hydrogens (tertiary/aromatic N) is 4. The number of aromatic nitrogens is 2. The third-order valence-electron chi connectivity index (χ3n) is 5.25. The van der Waals surface area contributed by atoms with E-state index in [1.165, 1.54) is 16.9 Å². The highest BCUT2D eigenvalue weighted by Crippen LogP contribution is 2.31. The number of aryl methyl sites for hydroxylation is 1. The van der Waals surface area contributed by atoms with E-state index in [0.29, 0.717) is 17.5 Å². The Morgan fingerprint density at radius 1 is 1.11 bits per heavy atom. The SMILES string of the molecule is CCc1ccc(NC(=O)c2nnc(CN3CCN(C(=O)C4CC4)CC3)s2)cc1. The van der Waals surface area contributed by atoms with Crippen molar-refractivity contribution in [1.29, 1.82) is 0 Å². The topological polar surface area (TPSA) is 78.4 Å². The Balaban J connectivity index is 1.28. The molecule has 8 heteroatoms. The van der Waals surface area contributed by atoms with Gasteiger partial charge >= 0.3 is 0 Å². The van der Waals surface area contributed by atoms with E-state index in [1.807, 2.05) is 29.2 Å². The van der Waals surface area contributed by atoms with Gasteiger partial charge < -0.3 is 10.2 Å². The molecular formula is C20H25N5O2S. The molecule has 148 valence electrons. The minimum atomic E-state index is -0.229. The first-order valence-electron chi connectivity index (χ1n) is 9.86. The number of rotatable bonds is 6. The molecule has 0 radical (unpaired) electrons. The lowest BCUT2D eigenvalue weighted by Gasteiger charge is -2.34. The maximum atomic E-state index is 12.4. The van der Waals surface area contributed by atoms with Crippen molar-refractivity contribution in [2.45, 2.75) is 32.7 Å². The quantitative estimate of drug-likeness (QED) is 0.807. The van der Waals surface area contributed by atoms with Crippen molar-refractivity contribution in [3.63, 3.8) is 0 Å². The van der Waals surface area contributed by atoms with Crippen molar-refractivity contribution in [1.82, 2.24) is 20.0 Å². The average molecular weight is 400 g/mol. The minimum absolute atomic E-state index is 0.229. The van der Waals surface area contributed by atoms with Crippen molar-refractivity contribution in [2.24, 2.45) is 5.92 Å². The molecular weight excluding hydrogens is 374 g/mol. The Morgan fingerprint density at radius 3 is 2.46 bits per heavy atom. The van der Waals surface area contributed by atoms with Crippen LogP contribution in [0.3, 0.4) is 0 Å². The lowest BCUT2D eigenvalue weighted by molar-refractivity contribution is -0.134. The average Bonchev–Trinajstić information content (AvgIpc) is 3.47. The van der Waals surface area contributed by atoms with E-state index in [4.69, 9.17) is 0 Å². The molecule has 28 heavy (non-hydrogen) atoms. The molecule has 0 spiro atoms. The lowest BCUT2D eigenvalue weighted by atomic mass is 10.1. The molecule has 1 aliphatic carbocycles. The van der Waals surface area contributed by atoms with Crippen LogP contribution in [-0.2, 0) is 17.8 Å². The van der Waals surface area contributed by atoms with Crippen LogP contribution >= 0.6 is 11.3 Å². The van der Waals surface area contributed by atoms with Crippen LogP contribution in [0.15, 0.2) is 24.3 Å². The van der Waals surface area contributed by atoms with Crippen LogP contribution in [0.5, 0.6) is 0 Å². The summed E-state index contributed by atoms with van der Waals surface area (Å²) in [5.41, 5.74) is 1.99. The molecule has 0 atom stereocenters. The molecule has 1 saturated heterocycles. The van der Waals surface area contributed by atoms with E-state index in [-0.39, 0.29) is 11.8 Å². The van der Waals surface area contributed by atoms with Crippen molar-refractivity contribution in [3.05, 3.63) is 39.8 Å². The first-order chi connectivity index (χ1) is 13.6. The van der Waals surface area contributed by atoms with Crippen LogP contribution < -0.4 is 5.32 Å². The molecule has 1 saturated carbocycles. The van der Waals surface area contributed by atoms with Crippen LogP contribution in [0, 0.1) is 5.92 Å². The summed E-state index contributed by atoms with van der Waals surface area (Å²) in [7, 11) is 0. The second kappa shape index (κ2) is 8.36. The van der Waals surface area contributed by atoms with E-state index in [1.54, 1.807) is 0 Å². The lowest BCUT2D eigenvalue weighted by Crippen LogP contribution is -2.48. The zero-order valence-corrected chi connectivity index (χ0v) is 16.9. The van der Waals surface area contributed by atoms with Gasteiger partial charge in [-0.15, -0.1) is 10.2 Å². The standard InChI is InChI=1S/C20H25N5O2S/c1-2-14-3-7-16(8-4-14)21-18(26)19-23-22-17(28-19)13-24-9-11-25(12-10-24)20(27)15-5-6-15/h3-4,7-8,15H,2,5-6,9-13H2,1H3,(H,21,26).